The Balaban J connectivity index is 0.933. The van der Waals surface area contributed by atoms with Crippen LogP contribution < -0.4 is 15.5 Å². The van der Waals surface area contributed by atoms with Crippen LogP contribution in [0.1, 0.15) is 66.8 Å². The van der Waals surface area contributed by atoms with Crippen molar-refractivity contribution in [3.8, 4) is 11.1 Å². The van der Waals surface area contributed by atoms with Crippen LogP contribution in [0, 0.1) is 0 Å². The van der Waals surface area contributed by atoms with Crippen molar-refractivity contribution < 1.29 is 42.1 Å². The number of ether oxygens (including phenoxy) is 2. The first-order chi connectivity index (χ1) is 28.5. The third-order valence-electron chi connectivity index (χ3n) is 12.1. The standard InChI is InChI=1S/C45H48F3N5O6/c46-45(47,48)43(57)52-21-5-10-38(52)40(55)49-26-31-6-4-7-35(24-31)32-15-17-34(18-16-32)41-58-37(25-39(59-41)33-13-11-30(28-54)12-14-33)27-51-22-19-44(20-23-51)42(56)50-29-53(44)36-8-2-1-3-9-36/h1-4,6-9,11-18,24,37-39,41,54H,5,10,19-23,25-29H2,(H,49,55)(H,50,56)/t37-,38-,39+,41+/m0/s1. The van der Waals surface area contributed by atoms with E-state index in [1.165, 1.54) is 0 Å². The zero-order valence-corrected chi connectivity index (χ0v) is 32.6. The number of aliphatic hydroxyl groups excluding tert-OH is 1. The number of hydrogen-bond acceptors (Lipinski definition) is 8. The number of benzene rings is 4. The first kappa shape index (κ1) is 40.5. The second-order valence-electron chi connectivity index (χ2n) is 15.8. The van der Waals surface area contributed by atoms with Gasteiger partial charge in [0, 0.05) is 50.4 Å². The van der Waals surface area contributed by atoms with E-state index in [2.05, 4.69) is 32.6 Å². The van der Waals surface area contributed by atoms with Crippen LogP contribution >= 0.6 is 0 Å². The van der Waals surface area contributed by atoms with Crippen LogP contribution in [0.3, 0.4) is 0 Å². The molecule has 4 aromatic rings. The van der Waals surface area contributed by atoms with Gasteiger partial charge in [0.05, 0.1) is 25.5 Å². The Morgan fingerprint density at radius 3 is 2.29 bits per heavy atom. The number of amides is 3. The van der Waals surface area contributed by atoms with Gasteiger partial charge in [-0.05, 0) is 71.7 Å². The molecule has 4 aromatic carbocycles. The summed E-state index contributed by atoms with van der Waals surface area (Å²) in [6, 6.07) is 32.1. The summed E-state index contributed by atoms with van der Waals surface area (Å²) in [4.78, 5) is 43.2. The molecular formula is C45H48F3N5O6. The first-order valence-electron chi connectivity index (χ1n) is 20.2. The molecule has 3 N–H and O–H groups in total. The highest BCUT2D eigenvalue weighted by atomic mass is 19.4. The van der Waals surface area contributed by atoms with Crippen molar-refractivity contribution in [1.29, 1.82) is 0 Å². The minimum atomic E-state index is -5.03. The topological polar surface area (TPSA) is 124 Å². The van der Waals surface area contributed by atoms with Crippen LogP contribution in [-0.4, -0.2) is 89.3 Å². The third-order valence-corrected chi connectivity index (χ3v) is 12.1. The molecule has 310 valence electrons. The molecule has 0 saturated carbocycles. The maximum atomic E-state index is 13.3. The molecular weight excluding hydrogens is 764 g/mol. The molecule has 0 bridgehead atoms. The molecule has 4 fully saturated rings. The molecule has 14 heteroatoms. The van der Waals surface area contributed by atoms with Crippen molar-refractivity contribution in [1.82, 2.24) is 20.4 Å². The minimum Gasteiger partial charge on any atom is -0.392 e. The van der Waals surface area contributed by atoms with Gasteiger partial charge in [-0.15, -0.1) is 0 Å². The highest BCUT2D eigenvalue weighted by Gasteiger charge is 2.51. The number of alkyl halides is 3. The number of rotatable bonds is 10. The van der Waals surface area contributed by atoms with E-state index in [4.69, 9.17) is 9.47 Å². The van der Waals surface area contributed by atoms with Crippen molar-refractivity contribution in [2.24, 2.45) is 0 Å². The molecule has 0 aliphatic carbocycles. The van der Waals surface area contributed by atoms with Gasteiger partial charge in [0.2, 0.25) is 11.8 Å². The van der Waals surface area contributed by atoms with Gasteiger partial charge in [0.15, 0.2) is 6.29 Å². The van der Waals surface area contributed by atoms with Gasteiger partial charge in [0.25, 0.3) is 0 Å². The summed E-state index contributed by atoms with van der Waals surface area (Å²) in [5.74, 6) is -2.52. The molecule has 1 spiro atoms. The van der Waals surface area contributed by atoms with Crippen LogP contribution in [0.15, 0.2) is 103 Å². The van der Waals surface area contributed by atoms with Crippen molar-refractivity contribution in [3.63, 3.8) is 0 Å². The number of piperidine rings is 1. The van der Waals surface area contributed by atoms with E-state index >= 15 is 0 Å². The lowest BCUT2D eigenvalue weighted by molar-refractivity contribution is -0.253. The molecule has 3 amide bonds. The molecule has 59 heavy (non-hydrogen) atoms. The lowest BCUT2D eigenvalue weighted by atomic mass is 9.85. The third kappa shape index (κ3) is 8.72. The number of anilines is 1. The van der Waals surface area contributed by atoms with Crippen molar-refractivity contribution in [2.45, 2.75) is 81.5 Å². The van der Waals surface area contributed by atoms with Gasteiger partial charge >= 0.3 is 12.1 Å². The van der Waals surface area contributed by atoms with E-state index in [0.717, 1.165) is 52.2 Å². The summed E-state index contributed by atoms with van der Waals surface area (Å²) < 4.78 is 52.6. The average molecular weight is 812 g/mol. The summed E-state index contributed by atoms with van der Waals surface area (Å²) in [5, 5.41) is 15.4. The normalized spacial score (nSPS) is 23.4. The molecule has 4 atom stereocenters. The fraction of sp³-hybridized carbons (Fsp3) is 0.400. The summed E-state index contributed by atoms with van der Waals surface area (Å²) in [6.07, 6.45) is -3.57. The van der Waals surface area contributed by atoms with Gasteiger partial charge in [-0.2, -0.15) is 13.2 Å². The summed E-state index contributed by atoms with van der Waals surface area (Å²) in [5.41, 5.74) is 5.65. The quantitative estimate of drug-likeness (QED) is 0.179. The fourth-order valence-electron chi connectivity index (χ4n) is 8.90. The number of nitrogens with zero attached hydrogens (tertiary/aromatic N) is 3. The molecule has 4 heterocycles. The maximum Gasteiger partial charge on any atom is 0.471 e. The first-order valence-corrected chi connectivity index (χ1v) is 20.2. The molecule has 8 rings (SSSR count). The Labute approximate surface area is 341 Å². The van der Waals surface area contributed by atoms with Crippen molar-refractivity contribution in [2.75, 3.05) is 37.7 Å². The summed E-state index contributed by atoms with van der Waals surface area (Å²) in [6.45, 7) is 2.59. The van der Waals surface area contributed by atoms with E-state index in [0.29, 0.717) is 43.8 Å². The molecule has 4 saturated heterocycles. The number of nitrogens with one attached hydrogen (secondary N) is 2. The lowest BCUT2D eigenvalue weighted by Crippen LogP contribution is -2.57. The van der Waals surface area contributed by atoms with E-state index < -0.39 is 35.9 Å². The molecule has 0 unspecified atom stereocenters. The van der Waals surface area contributed by atoms with E-state index in [1.54, 1.807) is 0 Å². The Hall–Kier alpha value is -5.28. The number of para-hydroxylation sites is 1. The van der Waals surface area contributed by atoms with Gasteiger partial charge in [-0.25, -0.2) is 0 Å². The van der Waals surface area contributed by atoms with Gasteiger partial charge in [-0.3, -0.25) is 14.4 Å². The smallest absolute Gasteiger partial charge is 0.392 e. The maximum absolute atomic E-state index is 13.3. The van der Waals surface area contributed by atoms with Crippen LogP contribution in [0.4, 0.5) is 18.9 Å². The zero-order valence-electron chi connectivity index (χ0n) is 32.6. The number of carbonyl (C=O) groups is 3. The number of likely N-dealkylation sites (tertiary alicyclic amines) is 2. The number of hydrogen-bond donors (Lipinski definition) is 3. The summed E-state index contributed by atoms with van der Waals surface area (Å²) in [7, 11) is 0. The predicted molar refractivity (Wildman–Crippen MR) is 213 cm³/mol. The highest BCUT2D eigenvalue weighted by molar-refractivity contribution is 5.93. The largest absolute Gasteiger partial charge is 0.471 e. The SMILES string of the molecule is O=C(NCc1cccc(-c2ccc([C@@H]3O[C@H](CN4CCC5(CC4)C(=O)NCN5c4ccccc4)C[C@H](c4ccc(CO)cc4)O3)cc2)c1)[C@@H]1CCCN1C(=O)C(F)(F)F. The van der Waals surface area contributed by atoms with Gasteiger partial charge in [0.1, 0.15) is 11.6 Å². The molecule has 4 aliphatic heterocycles. The fourth-order valence-corrected chi connectivity index (χ4v) is 8.90. The zero-order chi connectivity index (χ0) is 41.1. The monoisotopic (exact) mass is 811 g/mol. The number of carbonyl (C=O) groups excluding carboxylic acids is 3. The minimum absolute atomic E-state index is 0.0486. The van der Waals surface area contributed by atoms with Crippen LogP contribution in [0.2, 0.25) is 0 Å². The van der Waals surface area contributed by atoms with Crippen LogP contribution in [-0.2, 0) is 37.0 Å². The molecule has 0 aromatic heterocycles. The number of aliphatic hydroxyl groups is 1. The number of halogens is 3. The second-order valence-corrected chi connectivity index (χ2v) is 15.8. The van der Waals surface area contributed by atoms with Crippen LogP contribution in [0.5, 0.6) is 0 Å². The lowest BCUT2D eigenvalue weighted by Gasteiger charge is -2.45. The molecule has 11 nitrogen and oxygen atoms in total. The van der Waals surface area contributed by atoms with E-state index in [1.807, 2.05) is 91.0 Å². The predicted octanol–water partition coefficient (Wildman–Crippen LogP) is 5.99. The Kier molecular flexibility index (Phi) is 11.8. The van der Waals surface area contributed by atoms with E-state index in [9.17, 15) is 32.7 Å². The van der Waals surface area contributed by atoms with Gasteiger partial charge < -0.3 is 39.9 Å². The highest BCUT2D eigenvalue weighted by Crippen LogP contribution is 2.41. The summed E-state index contributed by atoms with van der Waals surface area (Å²) >= 11 is 0. The molecule has 4 aliphatic rings. The van der Waals surface area contributed by atoms with Crippen molar-refractivity contribution in [3.05, 3.63) is 125 Å². The molecule has 0 radical (unpaired) electrons. The van der Waals surface area contributed by atoms with Crippen molar-refractivity contribution >= 4 is 23.4 Å². The Morgan fingerprint density at radius 2 is 1.58 bits per heavy atom. The second kappa shape index (κ2) is 17.1. The van der Waals surface area contributed by atoms with Gasteiger partial charge in [-0.1, -0.05) is 84.9 Å². The Bertz CT molecular complexity index is 2110. The average Bonchev–Trinajstić information content (AvgIpc) is 3.88. The van der Waals surface area contributed by atoms with E-state index in [-0.39, 0.29) is 44.2 Å². The van der Waals surface area contributed by atoms with Crippen LogP contribution in [0.25, 0.3) is 11.1 Å². The Morgan fingerprint density at radius 1 is 0.847 bits per heavy atom.